The van der Waals surface area contributed by atoms with Gasteiger partial charge in [0.25, 0.3) is 11.6 Å². The van der Waals surface area contributed by atoms with Crippen molar-refractivity contribution in [1.82, 2.24) is 4.90 Å². The maximum Gasteiger partial charge on any atom is 0.417 e. The van der Waals surface area contributed by atoms with Crippen molar-refractivity contribution < 1.29 is 28.4 Å². The number of imide groups is 1. The predicted octanol–water partition coefficient (Wildman–Crippen LogP) is 7.61. The Morgan fingerprint density at radius 1 is 0.977 bits per heavy atom. The second-order valence-corrected chi connectivity index (χ2v) is 18.0. The van der Waals surface area contributed by atoms with Gasteiger partial charge in [-0.05, 0) is 67.2 Å². The zero-order valence-corrected chi connectivity index (χ0v) is 27.5. The number of hydrogen-bond donors (Lipinski definition) is 0. The number of carbonyl (C=O) groups is 2. The molecule has 1 fully saturated rings. The van der Waals surface area contributed by atoms with Crippen LogP contribution in [-0.2, 0) is 31.7 Å². The summed E-state index contributed by atoms with van der Waals surface area (Å²) in [5.41, 5.74) is 1.28. The molecule has 0 aliphatic carbocycles. The Hall–Kier alpha value is -3.86. The molecule has 1 saturated heterocycles. The second kappa shape index (κ2) is 13.0. The molecule has 1 heterocycles. The van der Waals surface area contributed by atoms with Gasteiger partial charge < -0.3 is 13.9 Å². The highest BCUT2D eigenvalue weighted by atomic mass is 28.4. The topological polar surface area (TPSA) is 108 Å². The van der Waals surface area contributed by atoms with E-state index in [9.17, 15) is 19.7 Å². The number of amides is 2. The lowest BCUT2D eigenvalue weighted by Crippen LogP contribution is -2.53. The Balaban J connectivity index is 1.81. The quantitative estimate of drug-likeness (QED) is 0.124. The molecule has 3 aromatic carbocycles. The first kappa shape index (κ1) is 33.0. The molecule has 0 unspecified atom stereocenters. The number of ether oxygens (including phenoxy) is 2. The number of hydrogen-bond acceptors (Lipinski definition) is 7. The van der Waals surface area contributed by atoms with Crippen LogP contribution in [0.1, 0.15) is 57.4 Å². The van der Waals surface area contributed by atoms with E-state index in [0.29, 0.717) is 12.0 Å². The second-order valence-electron chi connectivity index (χ2n) is 13.2. The molecule has 0 N–H and O–H groups in total. The molecule has 4 rings (SSSR count). The first-order chi connectivity index (χ1) is 20.6. The number of non-ortho nitro benzene ring substituents is 1. The molecule has 9 nitrogen and oxygen atoms in total. The summed E-state index contributed by atoms with van der Waals surface area (Å²) in [7, 11) is -2.57. The van der Waals surface area contributed by atoms with Crippen molar-refractivity contribution in [1.29, 1.82) is 0 Å². The van der Waals surface area contributed by atoms with E-state index < -0.39 is 49.1 Å². The van der Waals surface area contributed by atoms with Gasteiger partial charge in [0.15, 0.2) is 14.4 Å². The summed E-state index contributed by atoms with van der Waals surface area (Å²) in [4.78, 5) is 40.3. The van der Waals surface area contributed by atoms with Crippen LogP contribution in [0.15, 0.2) is 84.9 Å². The van der Waals surface area contributed by atoms with Crippen LogP contribution in [-0.4, -0.2) is 47.9 Å². The average molecular weight is 619 g/mol. The average Bonchev–Trinajstić information content (AvgIpc) is 3.19. The molecule has 234 valence electrons. The fourth-order valence-electron chi connectivity index (χ4n) is 4.97. The molecule has 0 radical (unpaired) electrons. The smallest absolute Gasteiger partial charge is 0.417 e. The van der Waals surface area contributed by atoms with Crippen LogP contribution in [0.2, 0.25) is 18.1 Å². The molecule has 0 aromatic heterocycles. The van der Waals surface area contributed by atoms with Crippen molar-refractivity contribution in [2.45, 2.75) is 89.6 Å². The first-order valence-electron chi connectivity index (χ1n) is 14.8. The zero-order chi connectivity index (χ0) is 32.3. The third-order valence-corrected chi connectivity index (χ3v) is 13.1. The van der Waals surface area contributed by atoms with Crippen molar-refractivity contribution in [2.75, 3.05) is 0 Å². The summed E-state index contributed by atoms with van der Waals surface area (Å²) in [5, 5.41) is 11.2. The van der Waals surface area contributed by atoms with Gasteiger partial charge in [-0.25, -0.2) is 9.69 Å². The third kappa shape index (κ3) is 7.43. The zero-order valence-electron chi connectivity index (χ0n) is 26.5. The number of nitrogens with zero attached hydrogens (tertiary/aromatic N) is 2. The largest absolute Gasteiger partial charge is 0.441 e. The summed E-state index contributed by atoms with van der Waals surface area (Å²) < 4.78 is 19.1. The number of nitro groups is 1. The van der Waals surface area contributed by atoms with Crippen molar-refractivity contribution >= 4 is 26.0 Å². The van der Waals surface area contributed by atoms with Crippen LogP contribution >= 0.6 is 0 Å². The van der Waals surface area contributed by atoms with Gasteiger partial charge in [-0.2, -0.15) is 0 Å². The van der Waals surface area contributed by atoms with E-state index in [0.717, 1.165) is 11.1 Å². The molecule has 3 aromatic rings. The molecule has 0 saturated carbocycles. The van der Waals surface area contributed by atoms with Crippen molar-refractivity contribution in [3.63, 3.8) is 0 Å². The molecular formula is C34H42N2O7Si. The summed E-state index contributed by atoms with van der Waals surface area (Å²) in [6, 6.07) is 24.4. The standard InChI is InChI=1S/C34H42N2O7Si/c1-33(2,3)44(6,7)43-29(26-18-20-27(21-19-26)36(39)40)30(41-23-25-16-12-9-13-17-25)31(37)35-28(34(4,5)42-32(35)38)22-24-14-10-8-11-15-24/h8-21,28-30H,22-23H2,1-7H3/t28-,29+,30-/m0/s1. The number of carbonyl (C=O) groups excluding carboxylic acids is 2. The predicted molar refractivity (Wildman–Crippen MR) is 170 cm³/mol. The van der Waals surface area contributed by atoms with Gasteiger partial charge in [-0.15, -0.1) is 0 Å². The monoisotopic (exact) mass is 618 g/mol. The summed E-state index contributed by atoms with van der Waals surface area (Å²) in [6.45, 7) is 14.1. The maximum atomic E-state index is 14.7. The molecule has 10 heteroatoms. The van der Waals surface area contributed by atoms with Gasteiger partial charge in [-0.3, -0.25) is 14.9 Å². The summed E-state index contributed by atoms with van der Waals surface area (Å²) >= 11 is 0. The Morgan fingerprint density at radius 2 is 1.52 bits per heavy atom. The Kier molecular flexibility index (Phi) is 9.77. The summed E-state index contributed by atoms with van der Waals surface area (Å²) in [6.07, 6.45) is -2.57. The molecule has 1 aliphatic rings. The maximum absolute atomic E-state index is 14.7. The normalized spacial score (nSPS) is 18.0. The van der Waals surface area contributed by atoms with E-state index in [1.165, 1.54) is 17.0 Å². The van der Waals surface area contributed by atoms with Crippen molar-refractivity contribution in [3.8, 4) is 0 Å². The van der Waals surface area contributed by atoms with Gasteiger partial charge >= 0.3 is 6.09 Å². The first-order valence-corrected chi connectivity index (χ1v) is 17.7. The van der Waals surface area contributed by atoms with Gasteiger partial charge in [-0.1, -0.05) is 81.4 Å². The minimum atomic E-state index is -2.57. The van der Waals surface area contributed by atoms with Crippen LogP contribution < -0.4 is 0 Å². The molecule has 0 bridgehead atoms. The van der Waals surface area contributed by atoms with Gasteiger partial charge in [0.05, 0.1) is 17.6 Å². The molecular weight excluding hydrogens is 576 g/mol. The van der Waals surface area contributed by atoms with Crippen molar-refractivity contribution in [3.05, 3.63) is 112 Å². The molecule has 0 spiro atoms. The van der Waals surface area contributed by atoms with E-state index in [4.69, 9.17) is 13.9 Å². The van der Waals surface area contributed by atoms with Crippen LogP contribution in [0.25, 0.3) is 0 Å². The van der Waals surface area contributed by atoms with E-state index in [1.54, 1.807) is 26.0 Å². The van der Waals surface area contributed by atoms with Crippen LogP contribution in [0, 0.1) is 10.1 Å². The van der Waals surface area contributed by atoms with Crippen LogP contribution in [0.3, 0.4) is 0 Å². The summed E-state index contributed by atoms with van der Waals surface area (Å²) in [5.74, 6) is -0.584. The highest BCUT2D eigenvalue weighted by molar-refractivity contribution is 6.74. The number of nitro benzene ring substituents is 1. The van der Waals surface area contributed by atoms with Crippen LogP contribution in [0.5, 0.6) is 0 Å². The molecule has 44 heavy (non-hydrogen) atoms. The minimum Gasteiger partial charge on any atom is -0.441 e. The lowest BCUT2D eigenvalue weighted by atomic mass is 9.91. The Labute approximate surface area is 260 Å². The fourth-order valence-corrected chi connectivity index (χ4v) is 6.22. The van der Waals surface area contributed by atoms with E-state index in [1.807, 2.05) is 60.7 Å². The van der Waals surface area contributed by atoms with Gasteiger partial charge in [0.2, 0.25) is 0 Å². The van der Waals surface area contributed by atoms with Gasteiger partial charge in [0.1, 0.15) is 11.7 Å². The Bertz CT molecular complexity index is 1450. The minimum absolute atomic E-state index is 0.0806. The fraction of sp³-hybridized carbons (Fsp3) is 0.412. The highest BCUT2D eigenvalue weighted by Crippen LogP contribution is 2.42. The number of cyclic esters (lactones) is 1. The van der Waals surface area contributed by atoms with E-state index in [-0.39, 0.29) is 17.3 Å². The van der Waals surface area contributed by atoms with Crippen LogP contribution in [0.4, 0.5) is 10.5 Å². The highest BCUT2D eigenvalue weighted by Gasteiger charge is 2.54. The molecule has 1 aliphatic heterocycles. The lowest BCUT2D eigenvalue weighted by Gasteiger charge is -2.41. The van der Waals surface area contributed by atoms with E-state index >= 15 is 0 Å². The van der Waals surface area contributed by atoms with Gasteiger partial charge in [0, 0.05) is 12.1 Å². The number of benzene rings is 3. The third-order valence-electron chi connectivity index (χ3n) is 8.62. The molecule has 3 atom stereocenters. The Morgan fingerprint density at radius 3 is 2.05 bits per heavy atom. The van der Waals surface area contributed by atoms with Crippen molar-refractivity contribution in [2.24, 2.45) is 0 Å². The number of rotatable bonds is 11. The lowest BCUT2D eigenvalue weighted by molar-refractivity contribution is -0.384. The molecule has 2 amide bonds. The van der Waals surface area contributed by atoms with E-state index in [2.05, 4.69) is 33.9 Å². The SMILES string of the molecule is CC1(C)OC(=O)N(C(=O)[C@@H](OCc2ccccc2)[C@H](O[Si](C)(C)C(C)(C)C)c2ccc([N+](=O)[O-])cc2)[C@H]1Cc1ccccc1.